The highest BCUT2D eigenvalue weighted by Crippen LogP contribution is 2.07. The molecule has 0 bridgehead atoms. The number of carboxylic acids is 1. The fraction of sp³-hybridized carbons (Fsp3) is 0.600. The SMILES string of the molecule is Cc1nc(CCNS(=O)(=O)CCCC(=O)O)cs1. The van der Waals surface area contributed by atoms with Crippen LogP contribution in [0.3, 0.4) is 0 Å². The monoisotopic (exact) mass is 292 g/mol. The van der Waals surface area contributed by atoms with Crippen LogP contribution in [-0.4, -0.2) is 36.8 Å². The van der Waals surface area contributed by atoms with Crippen molar-refractivity contribution in [2.45, 2.75) is 26.2 Å². The average Bonchev–Trinajstić information content (AvgIpc) is 2.63. The van der Waals surface area contributed by atoms with Crippen molar-refractivity contribution in [3.8, 4) is 0 Å². The Hall–Kier alpha value is -0.990. The lowest BCUT2D eigenvalue weighted by Crippen LogP contribution is -2.28. The van der Waals surface area contributed by atoms with Crippen LogP contribution < -0.4 is 4.72 Å². The number of rotatable bonds is 8. The van der Waals surface area contributed by atoms with Crippen molar-refractivity contribution < 1.29 is 18.3 Å². The molecule has 0 aliphatic heterocycles. The van der Waals surface area contributed by atoms with Crippen LogP contribution in [0.5, 0.6) is 0 Å². The number of carbonyl (C=O) groups is 1. The quantitative estimate of drug-likeness (QED) is 0.738. The number of aliphatic carboxylic acids is 1. The maximum Gasteiger partial charge on any atom is 0.303 e. The van der Waals surface area contributed by atoms with Crippen molar-refractivity contribution in [2.24, 2.45) is 0 Å². The molecule has 0 saturated carbocycles. The zero-order chi connectivity index (χ0) is 13.6. The van der Waals surface area contributed by atoms with Crippen LogP contribution in [0.2, 0.25) is 0 Å². The van der Waals surface area contributed by atoms with Crippen molar-refractivity contribution in [3.05, 3.63) is 16.1 Å². The van der Waals surface area contributed by atoms with E-state index in [2.05, 4.69) is 9.71 Å². The van der Waals surface area contributed by atoms with Gasteiger partial charge in [0.15, 0.2) is 0 Å². The van der Waals surface area contributed by atoms with E-state index >= 15 is 0 Å². The smallest absolute Gasteiger partial charge is 0.303 e. The summed E-state index contributed by atoms with van der Waals surface area (Å²) in [7, 11) is -3.38. The zero-order valence-corrected chi connectivity index (χ0v) is 11.7. The molecule has 0 saturated heterocycles. The molecule has 1 heterocycles. The normalized spacial score (nSPS) is 11.6. The van der Waals surface area contributed by atoms with Gasteiger partial charge in [0, 0.05) is 24.8 Å². The third kappa shape index (κ3) is 6.08. The van der Waals surface area contributed by atoms with Gasteiger partial charge in [-0.3, -0.25) is 4.79 Å². The zero-order valence-electron chi connectivity index (χ0n) is 10.0. The molecule has 102 valence electrons. The van der Waals surface area contributed by atoms with Gasteiger partial charge in [-0.1, -0.05) is 0 Å². The summed E-state index contributed by atoms with van der Waals surface area (Å²) in [6.07, 6.45) is 0.537. The summed E-state index contributed by atoms with van der Waals surface area (Å²) in [5.41, 5.74) is 0.866. The predicted molar refractivity (Wildman–Crippen MR) is 69.2 cm³/mol. The summed E-state index contributed by atoms with van der Waals surface area (Å²) in [6, 6.07) is 0. The number of sulfonamides is 1. The van der Waals surface area contributed by atoms with Gasteiger partial charge in [-0.25, -0.2) is 18.1 Å². The van der Waals surface area contributed by atoms with Gasteiger partial charge >= 0.3 is 5.97 Å². The molecule has 8 heteroatoms. The predicted octanol–water partition coefficient (Wildman–Crippen LogP) is 0.778. The second-order valence-electron chi connectivity index (χ2n) is 3.82. The third-order valence-electron chi connectivity index (χ3n) is 2.17. The molecule has 0 spiro atoms. The van der Waals surface area contributed by atoms with Crippen LogP contribution in [-0.2, 0) is 21.2 Å². The fourth-order valence-electron chi connectivity index (χ4n) is 1.34. The van der Waals surface area contributed by atoms with Crippen LogP contribution >= 0.6 is 11.3 Å². The molecule has 0 fully saturated rings. The molecule has 0 atom stereocenters. The highest BCUT2D eigenvalue weighted by atomic mass is 32.2. The van der Waals surface area contributed by atoms with Gasteiger partial charge in [-0.2, -0.15) is 0 Å². The Morgan fingerprint density at radius 1 is 1.56 bits per heavy atom. The molecule has 0 aliphatic rings. The maximum atomic E-state index is 11.5. The molecule has 6 nitrogen and oxygen atoms in total. The molecule has 0 aromatic carbocycles. The number of nitrogens with one attached hydrogen (secondary N) is 1. The number of hydrogen-bond acceptors (Lipinski definition) is 5. The molecular weight excluding hydrogens is 276 g/mol. The summed E-state index contributed by atoms with van der Waals surface area (Å²) < 4.78 is 25.4. The van der Waals surface area contributed by atoms with Crippen molar-refractivity contribution in [2.75, 3.05) is 12.3 Å². The van der Waals surface area contributed by atoms with Gasteiger partial charge in [0.05, 0.1) is 16.5 Å². The first-order chi connectivity index (χ1) is 8.39. The van der Waals surface area contributed by atoms with Gasteiger partial charge in [0.2, 0.25) is 10.0 Å². The number of hydrogen-bond donors (Lipinski definition) is 2. The average molecular weight is 292 g/mol. The summed E-state index contributed by atoms with van der Waals surface area (Å²) in [5, 5.41) is 11.3. The van der Waals surface area contributed by atoms with Gasteiger partial charge in [-0.05, 0) is 13.3 Å². The fourth-order valence-corrected chi connectivity index (χ4v) is 3.07. The second kappa shape index (κ2) is 6.81. The Kier molecular flexibility index (Phi) is 5.70. The van der Waals surface area contributed by atoms with Crippen LogP contribution in [0.15, 0.2) is 5.38 Å². The van der Waals surface area contributed by atoms with Gasteiger partial charge in [0.25, 0.3) is 0 Å². The van der Waals surface area contributed by atoms with E-state index in [9.17, 15) is 13.2 Å². The molecule has 0 aliphatic carbocycles. The largest absolute Gasteiger partial charge is 0.481 e. The highest BCUT2D eigenvalue weighted by Gasteiger charge is 2.10. The molecule has 1 aromatic rings. The van der Waals surface area contributed by atoms with Gasteiger partial charge in [-0.15, -0.1) is 11.3 Å². The Bertz CT molecular complexity index is 496. The Balaban J connectivity index is 2.27. The number of aryl methyl sites for hydroxylation is 1. The Morgan fingerprint density at radius 2 is 2.28 bits per heavy atom. The van der Waals surface area contributed by atoms with Crippen molar-refractivity contribution in [3.63, 3.8) is 0 Å². The molecule has 0 unspecified atom stereocenters. The summed E-state index contributed by atoms with van der Waals surface area (Å²) in [6.45, 7) is 2.18. The molecule has 0 radical (unpaired) electrons. The van der Waals surface area contributed by atoms with E-state index in [0.29, 0.717) is 13.0 Å². The Morgan fingerprint density at radius 3 is 2.83 bits per heavy atom. The third-order valence-corrected chi connectivity index (χ3v) is 4.47. The summed E-state index contributed by atoms with van der Waals surface area (Å²) in [4.78, 5) is 14.5. The minimum atomic E-state index is -3.38. The van der Waals surface area contributed by atoms with Crippen LogP contribution in [0.1, 0.15) is 23.5 Å². The molecule has 1 rings (SSSR count). The van der Waals surface area contributed by atoms with Crippen LogP contribution in [0.4, 0.5) is 0 Å². The Labute approximate surface area is 110 Å². The van der Waals surface area contributed by atoms with E-state index in [1.54, 1.807) is 0 Å². The van der Waals surface area contributed by atoms with Crippen molar-refractivity contribution >= 4 is 27.3 Å². The first kappa shape index (κ1) is 15.1. The lowest BCUT2D eigenvalue weighted by Gasteiger charge is -2.04. The van der Waals surface area contributed by atoms with Gasteiger partial charge < -0.3 is 5.11 Å². The molecule has 18 heavy (non-hydrogen) atoms. The van der Waals surface area contributed by atoms with Crippen molar-refractivity contribution in [1.82, 2.24) is 9.71 Å². The standard InChI is InChI=1S/C10H16N2O4S2/c1-8-12-9(7-17-8)4-5-11-18(15,16)6-2-3-10(13)14/h7,11H,2-6H2,1H3,(H,13,14). The molecule has 0 amide bonds. The van der Waals surface area contributed by atoms with E-state index in [-0.39, 0.29) is 18.6 Å². The van der Waals surface area contributed by atoms with Crippen LogP contribution in [0, 0.1) is 6.92 Å². The minimum absolute atomic E-state index is 0.125. The lowest BCUT2D eigenvalue weighted by molar-refractivity contribution is -0.137. The number of thiazole rings is 1. The number of carboxylic acid groups (broad SMARTS) is 1. The highest BCUT2D eigenvalue weighted by molar-refractivity contribution is 7.89. The first-order valence-electron chi connectivity index (χ1n) is 5.49. The second-order valence-corrected chi connectivity index (χ2v) is 6.81. The minimum Gasteiger partial charge on any atom is -0.481 e. The molecular formula is C10H16N2O4S2. The first-order valence-corrected chi connectivity index (χ1v) is 8.02. The van der Waals surface area contributed by atoms with Crippen LogP contribution in [0.25, 0.3) is 0 Å². The molecule has 2 N–H and O–H groups in total. The summed E-state index contributed by atoms with van der Waals surface area (Å²) in [5.74, 6) is -1.14. The maximum absolute atomic E-state index is 11.5. The van der Waals surface area contributed by atoms with E-state index in [4.69, 9.17) is 5.11 Å². The van der Waals surface area contributed by atoms with Crippen molar-refractivity contribution in [1.29, 1.82) is 0 Å². The topological polar surface area (TPSA) is 96.4 Å². The summed E-state index contributed by atoms with van der Waals surface area (Å²) >= 11 is 1.53. The van der Waals surface area contributed by atoms with E-state index < -0.39 is 16.0 Å². The lowest BCUT2D eigenvalue weighted by atomic mass is 10.3. The molecule has 1 aromatic heterocycles. The van der Waals surface area contributed by atoms with E-state index in [1.165, 1.54) is 11.3 Å². The van der Waals surface area contributed by atoms with Gasteiger partial charge in [0.1, 0.15) is 0 Å². The van der Waals surface area contributed by atoms with E-state index in [1.807, 2.05) is 12.3 Å². The number of aromatic nitrogens is 1. The number of nitrogens with zero attached hydrogens (tertiary/aromatic N) is 1. The van der Waals surface area contributed by atoms with E-state index in [0.717, 1.165) is 10.7 Å².